The Labute approximate surface area is 107 Å². The summed E-state index contributed by atoms with van der Waals surface area (Å²) in [5.74, 6) is 0.746. The molecule has 86 valence electrons. The van der Waals surface area contributed by atoms with Crippen molar-refractivity contribution < 1.29 is 0 Å². The summed E-state index contributed by atoms with van der Waals surface area (Å²) in [5.41, 5.74) is 0. The van der Waals surface area contributed by atoms with Gasteiger partial charge in [-0.3, -0.25) is 5.32 Å². The molecule has 1 saturated carbocycles. The van der Waals surface area contributed by atoms with Crippen molar-refractivity contribution in [1.29, 1.82) is 5.26 Å². The Balaban J connectivity index is 1.78. The summed E-state index contributed by atoms with van der Waals surface area (Å²) < 4.78 is 1.92. The molecule has 2 rings (SSSR count). The van der Waals surface area contributed by atoms with Gasteiger partial charge in [0.15, 0.2) is 8.68 Å². The van der Waals surface area contributed by atoms with Crippen LogP contribution in [0, 0.1) is 11.3 Å². The summed E-state index contributed by atoms with van der Waals surface area (Å²) in [6.07, 6.45) is 4.40. The lowest BCUT2D eigenvalue weighted by Crippen LogP contribution is -2.31. The molecule has 1 aliphatic rings. The zero-order valence-corrected chi connectivity index (χ0v) is 11.3. The van der Waals surface area contributed by atoms with Crippen LogP contribution < -0.4 is 5.32 Å². The number of thioether (sulfide) groups is 2. The Bertz CT molecular complexity index is 382. The highest BCUT2D eigenvalue weighted by atomic mass is 32.2. The van der Waals surface area contributed by atoms with Crippen LogP contribution in [0.15, 0.2) is 8.68 Å². The minimum atomic E-state index is -0.0703. The molecule has 1 N–H and O–H groups in total. The third kappa shape index (κ3) is 3.63. The van der Waals surface area contributed by atoms with Gasteiger partial charge in [-0.15, -0.1) is 10.2 Å². The molecule has 0 saturated heterocycles. The highest BCUT2D eigenvalue weighted by Gasteiger charge is 2.24. The van der Waals surface area contributed by atoms with Crippen LogP contribution >= 0.6 is 34.9 Å². The Kier molecular flexibility index (Phi) is 4.46. The quantitative estimate of drug-likeness (QED) is 0.799. The summed E-state index contributed by atoms with van der Waals surface area (Å²) in [6, 6.07) is 2.78. The minimum Gasteiger partial charge on any atom is -0.298 e. The van der Waals surface area contributed by atoms with Crippen LogP contribution in [0.25, 0.3) is 0 Å². The van der Waals surface area contributed by atoms with Gasteiger partial charge in [-0.25, -0.2) is 0 Å². The van der Waals surface area contributed by atoms with Gasteiger partial charge in [0.05, 0.1) is 6.07 Å². The molecule has 0 aromatic carbocycles. The van der Waals surface area contributed by atoms with Crippen LogP contribution in [-0.2, 0) is 0 Å². The number of nitrogens with zero attached hydrogens (tertiary/aromatic N) is 3. The van der Waals surface area contributed by atoms with E-state index in [1.54, 1.807) is 34.9 Å². The smallest absolute Gasteiger partial charge is 0.175 e. The standard InChI is InChI=1S/C9H12N4S3/c1-14-8-12-13-9(16-8)15-5-7(4-10)11-6-2-3-6/h6-7,11H,2-3,5H2,1H3. The van der Waals surface area contributed by atoms with Crippen molar-refractivity contribution in [3.05, 3.63) is 0 Å². The molecule has 0 spiro atoms. The van der Waals surface area contributed by atoms with E-state index in [1.165, 1.54) is 12.8 Å². The summed E-state index contributed by atoms with van der Waals surface area (Å²) in [4.78, 5) is 0. The summed E-state index contributed by atoms with van der Waals surface area (Å²) in [6.45, 7) is 0. The van der Waals surface area contributed by atoms with Crippen molar-refractivity contribution >= 4 is 34.9 Å². The topological polar surface area (TPSA) is 61.6 Å². The number of rotatable bonds is 6. The number of hydrogen-bond donors (Lipinski definition) is 1. The van der Waals surface area contributed by atoms with E-state index in [2.05, 4.69) is 21.6 Å². The van der Waals surface area contributed by atoms with Gasteiger partial charge in [0.25, 0.3) is 0 Å². The normalized spacial score (nSPS) is 17.0. The van der Waals surface area contributed by atoms with Crippen molar-refractivity contribution in [2.75, 3.05) is 12.0 Å². The van der Waals surface area contributed by atoms with Gasteiger partial charge in [-0.2, -0.15) is 5.26 Å². The number of nitrogens with one attached hydrogen (secondary N) is 1. The largest absolute Gasteiger partial charge is 0.298 e. The predicted molar refractivity (Wildman–Crippen MR) is 68.0 cm³/mol. The molecule has 1 aromatic heterocycles. The lowest BCUT2D eigenvalue weighted by Gasteiger charge is -2.07. The molecule has 1 fully saturated rings. The van der Waals surface area contributed by atoms with Crippen molar-refractivity contribution in [3.63, 3.8) is 0 Å². The van der Waals surface area contributed by atoms with Crippen LogP contribution in [0.5, 0.6) is 0 Å². The second kappa shape index (κ2) is 5.87. The molecule has 1 unspecified atom stereocenters. The molecule has 0 radical (unpaired) electrons. The monoisotopic (exact) mass is 272 g/mol. The average Bonchev–Trinajstić information content (AvgIpc) is 3.00. The van der Waals surface area contributed by atoms with Gasteiger partial charge in [-0.1, -0.05) is 34.9 Å². The van der Waals surface area contributed by atoms with E-state index in [1.807, 2.05) is 6.26 Å². The second-order valence-corrected chi connectivity index (χ2v) is 6.77. The summed E-state index contributed by atoms with van der Waals surface area (Å²) in [7, 11) is 0. The first-order valence-corrected chi connectivity index (χ1v) is 8.00. The van der Waals surface area contributed by atoms with E-state index in [9.17, 15) is 0 Å². The molecule has 1 aromatic rings. The first-order chi connectivity index (χ1) is 7.81. The molecule has 0 aliphatic heterocycles. The summed E-state index contributed by atoms with van der Waals surface area (Å²) in [5, 5.41) is 20.4. The predicted octanol–water partition coefficient (Wildman–Crippen LogP) is 2.00. The summed E-state index contributed by atoms with van der Waals surface area (Å²) >= 11 is 4.79. The van der Waals surface area contributed by atoms with Crippen molar-refractivity contribution in [1.82, 2.24) is 15.5 Å². The maximum absolute atomic E-state index is 8.97. The first kappa shape index (κ1) is 12.2. The van der Waals surface area contributed by atoms with Crippen LogP contribution in [0.4, 0.5) is 0 Å². The molecule has 1 aliphatic carbocycles. The zero-order valence-electron chi connectivity index (χ0n) is 8.84. The number of aromatic nitrogens is 2. The molecular formula is C9H12N4S3. The average molecular weight is 272 g/mol. The van der Waals surface area contributed by atoms with E-state index < -0.39 is 0 Å². The van der Waals surface area contributed by atoms with Gasteiger partial charge in [0.1, 0.15) is 6.04 Å². The molecule has 7 heteroatoms. The second-order valence-electron chi connectivity index (χ2n) is 3.47. The molecular weight excluding hydrogens is 260 g/mol. The van der Waals surface area contributed by atoms with E-state index in [0.717, 1.165) is 14.4 Å². The molecule has 4 nitrogen and oxygen atoms in total. The first-order valence-electron chi connectivity index (χ1n) is 4.98. The van der Waals surface area contributed by atoms with Gasteiger partial charge in [0.2, 0.25) is 0 Å². The molecule has 0 bridgehead atoms. The SMILES string of the molecule is CSc1nnc(SCC(C#N)NC2CC2)s1. The fourth-order valence-corrected chi connectivity index (χ4v) is 3.57. The highest BCUT2D eigenvalue weighted by molar-refractivity contribution is 8.03. The van der Waals surface area contributed by atoms with Crippen molar-refractivity contribution in [3.8, 4) is 6.07 Å². The van der Waals surface area contributed by atoms with Crippen molar-refractivity contribution in [2.24, 2.45) is 0 Å². The van der Waals surface area contributed by atoms with Gasteiger partial charge >= 0.3 is 0 Å². The molecule has 1 heterocycles. The van der Waals surface area contributed by atoms with Crippen LogP contribution in [0.3, 0.4) is 0 Å². The fourth-order valence-electron chi connectivity index (χ4n) is 1.15. The van der Waals surface area contributed by atoms with Gasteiger partial charge in [0, 0.05) is 11.8 Å². The minimum absolute atomic E-state index is 0.0703. The maximum Gasteiger partial charge on any atom is 0.175 e. The third-order valence-electron chi connectivity index (χ3n) is 2.11. The Morgan fingerprint density at radius 2 is 2.31 bits per heavy atom. The number of hydrogen-bond acceptors (Lipinski definition) is 7. The molecule has 1 atom stereocenters. The van der Waals surface area contributed by atoms with E-state index in [4.69, 9.17) is 5.26 Å². The third-order valence-corrected chi connectivity index (χ3v) is 5.23. The molecule has 0 amide bonds. The Morgan fingerprint density at radius 1 is 1.56 bits per heavy atom. The lowest BCUT2D eigenvalue weighted by atomic mass is 10.4. The number of nitriles is 1. The van der Waals surface area contributed by atoms with Gasteiger partial charge in [-0.05, 0) is 19.1 Å². The van der Waals surface area contributed by atoms with E-state index in [-0.39, 0.29) is 6.04 Å². The fraction of sp³-hybridized carbons (Fsp3) is 0.667. The molecule has 16 heavy (non-hydrogen) atoms. The van der Waals surface area contributed by atoms with E-state index >= 15 is 0 Å². The van der Waals surface area contributed by atoms with Gasteiger partial charge < -0.3 is 0 Å². The van der Waals surface area contributed by atoms with Crippen LogP contribution in [0.1, 0.15) is 12.8 Å². The Hall–Kier alpha value is -0.290. The lowest BCUT2D eigenvalue weighted by molar-refractivity contribution is 0.644. The highest BCUT2D eigenvalue weighted by Crippen LogP contribution is 2.28. The van der Waals surface area contributed by atoms with Crippen LogP contribution in [0.2, 0.25) is 0 Å². The Morgan fingerprint density at radius 3 is 2.88 bits per heavy atom. The van der Waals surface area contributed by atoms with Crippen molar-refractivity contribution in [2.45, 2.75) is 33.6 Å². The zero-order chi connectivity index (χ0) is 11.4. The maximum atomic E-state index is 8.97. The van der Waals surface area contributed by atoms with E-state index in [0.29, 0.717) is 6.04 Å². The van der Waals surface area contributed by atoms with Crippen LogP contribution in [-0.4, -0.2) is 34.3 Å².